The zero-order chi connectivity index (χ0) is 9.31. The molecule has 0 saturated carbocycles. The number of aromatic hydroxyl groups is 1. The zero-order valence-corrected chi connectivity index (χ0v) is 7.16. The van der Waals surface area contributed by atoms with E-state index in [4.69, 9.17) is 4.74 Å². The van der Waals surface area contributed by atoms with Crippen molar-refractivity contribution >= 4 is 0 Å². The van der Waals surface area contributed by atoms with Crippen molar-refractivity contribution in [3.63, 3.8) is 0 Å². The number of hydrogen-bond acceptors (Lipinski definition) is 2. The van der Waals surface area contributed by atoms with Gasteiger partial charge in [0.1, 0.15) is 5.75 Å². The molecule has 0 aromatic heterocycles. The maximum Gasteiger partial charge on any atom is 0.161 e. The lowest BCUT2D eigenvalue weighted by molar-refractivity contribution is 0.111. The number of alkyl halides is 1. The molecule has 0 radical (unpaired) electrons. The van der Waals surface area contributed by atoms with E-state index in [2.05, 4.69) is 0 Å². The Balaban J connectivity index is 2.33. The highest BCUT2D eigenvalue weighted by Crippen LogP contribution is 2.35. The summed E-state index contributed by atoms with van der Waals surface area (Å²) >= 11 is 0. The molecule has 2 rings (SSSR count). The number of ether oxygens (including phenoxy) is 1. The quantitative estimate of drug-likeness (QED) is 0.719. The molecule has 3 heteroatoms. The molecule has 0 aliphatic carbocycles. The molecule has 70 valence electrons. The van der Waals surface area contributed by atoms with E-state index in [0.717, 1.165) is 0 Å². The first kappa shape index (κ1) is 8.51. The predicted molar refractivity (Wildman–Crippen MR) is 46.3 cm³/mol. The summed E-state index contributed by atoms with van der Waals surface area (Å²) in [4.78, 5) is 0. The third kappa shape index (κ3) is 1.52. The van der Waals surface area contributed by atoms with Crippen LogP contribution in [0.3, 0.4) is 0 Å². The number of hydrogen-bond donors (Lipinski definition) is 1. The normalized spacial score (nSPS) is 27.8. The zero-order valence-electron chi connectivity index (χ0n) is 7.16. The molecule has 0 amide bonds. The summed E-state index contributed by atoms with van der Waals surface area (Å²) < 4.78 is 19.0. The van der Waals surface area contributed by atoms with Gasteiger partial charge in [-0.3, -0.25) is 0 Å². The fourth-order valence-corrected chi connectivity index (χ4v) is 1.55. The van der Waals surface area contributed by atoms with Gasteiger partial charge in [-0.15, -0.1) is 0 Å². The topological polar surface area (TPSA) is 29.5 Å². The first-order valence-corrected chi connectivity index (χ1v) is 4.27. The van der Waals surface area contributed by atoms with Gasteiger partial charge in [-0.25, -0.2) is 4.39 Å². The summed E-state index contributed by atoms with van der Waals surface area (Å²) in [7, 11) is 0. The van der Waals surface area contributed by atoms with Gasteiger partial charge in [-0.05, 0) is 17.7 Å². The van der Waals surface area contributed by atoms with Crippen LogP contribution in [-0.4, -0.2) is 18.3 Å². The third-order valence-corrected chi connectivity index (χ3v) is 2.34. The van der Waals surface area contributed by atoms with Crippen LogP contribution in [0.25, 0.3) is 0 Å². The number of phenolic OH excluding ortho intramolecular Hbond substituents is 1. The van der Waals surface area contributed by atoms with E-state index in [1.807, 2.05) is 0 Å². The molecule has 1 N–H and O–H groups in total. The van der Waals surface area contributed by atoms with E-state index in [9.17, 15) is 9.50 Å². The van der Waals surface area contributed by atoms with Gasteiger partial charge in [-0.1, -0.05) is 12.1 Å². The Morgan fingerprint density at radius 2 is 2.31 bits per heavy atom. The summed E-state index contributed by atoms with van der Waals surface area (Å²) in [5, 5.41) is 9.18. The van der Waals surface area contributed by atoms with Crippen LogP contribution in [0.15, 0.2) is 24.3 Å². The van der Waals surface area contributed by atoms with Gasteiger partial charge in [0.05, 0.1) is 13.2 Å². The summed E-state index contributed by atoms with van der Waals surface area (Å²) in [6.07, 6.45) is 0.371. The van der Waals surface area contributed by atoms with Crippen LogP contribution < -0.4 is 0 Å². The average Bonchev–Trinajstić information content (AvgIpc) is 2.54. The molecule has 13 heavy (non-hydrogen) atoms. The molecule has 1 atom stereocenters. The minimum Gasteiger partial charge on any atom is -0.508 e. The smallest absolute Gasteiger partial charge is 0.161 e. The second-order valence-electron chi connectivity index (χ2n) is 3.32. The van der Waals surface area contributed by atoms with E-state index >= 15 is 0 Å². The molecule has 1 fully saturated rings. The molecule has 1 aliphatic heterocycles. The lowest BCUT2D eigenvalue weighted by Crippen LogP contribution is -2.19. The molecule has 1 heterocycles. The largest absolute Gasteiger partial charge is 0.508 e. The Morgan fingerprint density at radius 1 is 1.46 bits per heavy atom. The van der Waals surface area contributed by atoms with Crippen molar-refractivity contribution in [2.45, 2.75) is 12.1 Å². The van der Waals surface area contributed by atoms with Crippen LogP contribution in [0.5, 0.6) is 5.75 Å². The minimum atomic E-state index is -1.40. The highest BCUT2D eigenvalue weighted by molar-refractivity contribution is 5.31. The van der Waals surface area contributed by atoms with Crippen molar-refractivity contribution in [1.29, 1.82) is 0 Å². The molecule has 0 bridgehead atoms. The van der Waals surface area contributed by atoms with Crippen LogP contribution >= 0.6 is 0 Å². The van der Waals surface area contributed by atoms with E-state index in [1.54, 1.807) is 12.1 Å². The van der Waals surface area contributed by atoms with Crippen LogP contribution in [0.1, 0.15) is 12.0 Å². The van der Waals surface area contributed by atoms with Gasteiger partial charge in [0.25, 0.3) is 0 Å². The SMILES string of the molecule is Oc1cccc(C2(F)CCOC2)c1. The van der Waals surface area contributed by atoms with E-state index in [0.29, 0.717) is 18.6 Å². The van der Waals surface area contributed by atoms with Gasteiger partial charge in [-0.2, -0.15) is 0 Å². The molecule has 1 aromatic carbocycles. The lowest BCUT2D eigenvalue weighted by atomic mass is 9.95. The van der Waals surface area contributed by atoms with Crippen molar-refractivity contribution in [2.75, 3.05) is 13.2 Å². The maximum atomic E-state index is 14.0. The minimum absolute atomic E-state index is 0.0937. The molecular formula is C10H11FO2. The number of phenols is 1. The number of rotatable bonds is 1. The van der Waals surface area contributed by atoms with Gasteiger partial charge in [0.2, 0.25) is 0 Å². The van der Waals surface area contributed by atoms with Gasteiger partial charge in [0.15, 0.2) is 5.67 Å². The predicted octanol–water partition coefficient (Wildman–Crippen LogP) is 1.98. The van der Waals surface area contributed by atoms with Crippen molar-refractivity contribution in [1.82, 2.24) is 0 Å². The standard InChI is InChI=1S/C10H11FO2/c11-10(4-5-13-7-10)8-2-1-3-9(12)6-8/h1-3,6,12H,4-5,7H2. The molecular weight excluding hydrogens is 171 g/mol. The van der Waals surface area contributed by atoms with Crippen LogP contribution in [-0.2, 0) is 10.4 Å². The first-order valence-electron chi connectivity index (χ1n) is 4.27. The summed E-state index contributed by atoms with van der Waals surface area (Å²) in [5.41, 5.74) is -0.899. The fraction of sp³-hybridized carbons (Fsp3) is 0.400. The van der Waals surface area contributed by atoms with Crippen molar-refractivity contribution in [3.8, 4) is 5.75 Å². The Kier molecular flexibility index (Phi) is 1.96. The fourth-order valence-electron chi connectivity index (χ4n) is 1.55. The highest BCUT2D eigenvalue weighted by Gasteiger charge is 2.36. The summed E-state index contributed by atoms with van der Waals surface area (Å²) in [5.74, 6) is 0.0985. The Hall–Kier alpha value is -1.09. The highest BCUT2D eigenvalue weighted by atomic mass is 19.1. The second kappa shape index (κ2) is 3.00. The molecule has 1 aliphatic rings. The monoisotopic (exact) mass is 182 g/mol. The third-order valence-electron chi connectivity index (χ3n) is 2.34. The molecule has 1 aromatic rings. The molecule has 1 saturated heterocycles. The van der Waals surface area contributed by atoms with E-state index < -0.39 is 5.67 Å². The summed E-state index contributed by atoms with van der Waals surface area (Å²) in [6, 6.07) is 6.30. The Labute approximate surface area is 76.0 Å². The van der Waals surface area contributed by atoms with Gasteiger partial charge in [0, 0.05) is 6.42 Å². The second-order valence-corrected chi connectivity index (χ2v) is 3.32. The van der Waals surface area contributed by atoms with Crippen LogP contribution in [0.4, 0.5) is 4.39 Å². The van der Waals surface area contributed by atoms with Gasteiger partial charge >= 0.3 is 0 Å². The van der Waals surface area contributed by atoms with E-state index in [-0.39, 0.29) is 12.4 Å². The first-order chi connectivity index (χ1) is 6.21. The molecule has 1 unspecified atom stereocenters. The van der Waals surface area contributed by atoms with Gasteiger partial charge < -0.3 is 9.84 Å². The summed E-state index contributed by atoms with van der Waals surface area (Å²) in [6.45, 7) is 0.544. The van der Waals surface area contributed by atoms with Crippen LogP contribution in [0.2, 0.25) is 0 Å². The van der Waals surface area contributed by atoms with E-state index in [1.165, 1.54) is 12.1 Å². The Bertz CT molecular complexity index is 306. The maximum absolute atomic E-state index is 14.0. The Morgan fingerprint density at radius 3 is 2.92 bits per heavy atom. The van der Waals surface area contributed by atoms with Crippen molar-refractivity contribution in [2.24, 2.45) is 0 Å². The van der Waals surface area contributed by atoms with Crippen molar-refractivity contribution < 1.29 is 14.2 Å². The number of halogens is 1. The molecule has 2 nitrogen and oxygen atoms in total. The molecule has 0 spiro atoms. The lowest BCUT2D eigenvalue weighted by Gasteiger charge is -2.17. The van der Waals surface area contributed by atoms with Crippen molar-refractivity contribution in [3.05, 3.63) is 29.8 Å². The average molecular weight is 182 g/mol. The van der Waals surface area contributed by atoms with Crippen LogP contribution in [0, 0.1) is 0 Å². The number of benzene rings is 1.